The standard InChI is InChI=1S/C40H37N2O9S/c1-27-18-20-31(21-19-27)52-40-36(51-39(46)30-16-10-5-11-17-30)35(50-38(45)29-14-8-4-9-15-29)34(49-37(44)28-12-6-3-7-13-28)32(48-40)25-47-33(43)24-42-23-22-41(2)26-42/h3-23,26,32,34-36,40H,24-25H2,1-2H3/q+1. The highest BCUT2D eigenvalue weighted by Gasteiger charge is 2.53. The van der Waals surface area contributed by atoms with Crippen LogP contribution >= 0.6 is 11.8 Å². The van der Waals surface area contributed by atoms with Gasteiger partial charge in [0.1, 0.15) is 30.5 Å². The van der Waals surface area contributed by atoms with E-state index in [1.807, 2.05) is 38.2 Å². The Kier molecular flexibility index (Phi) is 11.8. The Bertz CT molecular complexity index is 1970. The zero-order valence-corrected chi connectivity index (χ0v) is 29.3. The second-order valence-corrected chi connectivity index (χ2v) is 13.3. The summed E-state index contributed by atoms with van der Waals surface area (Å²) >= 11 is 1.23. The third kappa shape index (κ3) is 9.33. The van der Waals surface area contributed by atoms with E-state index in [0.29, 0.717) is 0 Å². The minimum Gasteiger partial charge on any atom is -0.460 e. The number of thioether (sulfide) groups is 1. The summed E-state index contributed by atoms with van der Waals surface area (Å²) in [6.45, 7) is 1.49. The van der Waals surface area contributed by atoms with Crippen molar-refractivity contribution in [2.45, 2.75) is 48.2 Å². The van der Waals surface area contributed by atoms with Crippen LogP contribution in [0, 0.1) is 6.92 Å². The molecular formula is C40H37N2O9S+. The average molecular weight is 722 g/mol. The summed E-state index contributed by atoms with van der Waals surface area (Å²) in [6, 6.07) is 32.5. The number of esters is 4. The second-order valence-electron chi connectivity index (χ2n) is 12.1. The third-order valence-electron chi connectivity index (χ3n) is 8.17. The van der Waals surface area contributed by atoms with E-state index in [1.165, 1.54) is 11.8 Å². The molecule has 1 aromatic heterocycles. The average Bonchev–Trinajstić information content (AvgIpc) is 3.58. The van der Waals surface area contributed by atoms with Crippen molar-refractivity contribution >= 4 is 35.6 Å². The van der Waals surface area contributed by atoms with E-state index < -0.39 is 53.7 Å². The fourth-order valence-corrected chi connectivity index (χ4v) is 6.63. The normalized spacial score (nSPS) is 19.6. The van der Waals surface area contributed by atoms with Gasteiger partial charge >= 0.3 is 23.9 Å². The van der Waals surface area contributed by atoms with Gasteiger partial charge in [-0.05, 0) is 55.5 Å². The summed E-state index contributed by atoms with van der Waals surface area (Å²) in [6.07, 6.45) is -0.0130. The van der Waals surface area contributed by atoms with Gasteiger partial charge in [-0.25, -0.2) is 28.3 Å². The smallest absolute Gasteiger partial charge is 0.348 e. The van der Waals surface area contributed by atoms with Crippen LogP contribution in [0.25, 0.3) is 0 Å². The third-order valence-corrected chi connectivity index (χ3v) is 9.32. The quantitative estimate of drug-likeness (QED) is 0.0946. The highest BCUT2D eigenvalue weighted by atomic mass is 32.2. The fourth-order valence-electron chi connectivity index (χ4n) is 5.52. The molecule has 4 aromatic carbocycles. The predicted octanol–water partition coefficient (Wildman–Crippen LogP) is 5.36. The van der Waals surface area contributed by atoms with Crippen molar-refractivity contribution < 1.29 is 47.4 Å². The fraction of sp³-hybridized carbons (Fsp3) is 0.225. The summed E-state index contributed by atoms with van der Waals surface area (Å²) in [5.74, 6) is -2.78. The first-order chi connectivity index (χ1) is 25.2. The molecule has 1 aliphatic rings. The van der Waals surface area contributed by atoms with Crippen LogP contribution in [0.2, 0.25) is 0 Å². The number of hydrogen-bond donors (Lipinski definition) is 0. The van der Waals surface area contributed by atoms with Gasteiger partial charge in [0.15, 0.2) is 24.9 Å². The molecule has 11 nitrogen and oxygen atoms in total. The van der Waals surface area contributed by atoms with Crippen LogP contribution in [0.15, 0.2) is 139 Å². The predicted molar refractivity (Wildman–Crippen MR) is 189 cm³/mol. The maximum Gasteiger partial charge on any atom is 0.348 e. The van der Waals surface area contributed by atoms with E-state index in [2.05, 4.69) is 0 Å². The van der Waals surface area contributed by atoms with Crippen molar-refractivity contribution in [2.24, 2.45) is 7.05 Å². The zero-order valence-electron chi connectivity index (χ0n) is 28.5. The molecule has 0 N–H and O–H groups in total. The highest BCUT2D eigenvalue weighted by molar-refractivity contribution is 7.99. The number of rotatable bonds is 12. The van der Waals surface area contributed by atoms with Gasteiger partial charge < -0.3 is 23.7 Å². The number of hydrogen-bond acceptors (Lipinski definition) is 10. The molecule has 5 unspecified atom stereocenters. The summed E-state index contributed by atoms with van der Waals surface area (Å²) in [7, 11) is 1.83. The lowest BCUT2D eigenvalue weighted by atomic mass is 9.98. The van der Waals surface area contributed by atoms with Gasteiger partial charge in [-0.2, -0.15) is 0 Å². The van der Waals surface area contributed by atoms with Crippen molar-refractivity contribution in [3.05, 3.63) is 156 Å². The maximum atomic E-state index is 13.8. The van der Waals surface area contributed by atoms with Gasteiger partial charge in [0.25, 0.3) is 0 Å². The lowest BCUT2D eigenvalue weighted by Gasteiger charge is -2.44. The van der Waals surface area contributed by atoms with Crippen molar-refractivity contribution in [1.29, 1.82) is 0 Å². The van der Waals surface area contributed by atoms with Gasteiger partial charge in [-0.15, -0.1) is 0 Å². The second kappa shape index (κ2) is 17.0. The molecule has 1 aliphatic heterocycles. The molecule has 0 saturated carbocycles. The SMILES string of the molecule is Cc1ccc(SC2OC(COC(=O)Cn3cc[n+](C)c3)C(OC(=O)c3ccccc3)C(OC(=O)c3ccccc3)C2OC(=O)c2ccccc2)cc1. The van der Waals surface area contributed by atoms with Crippen molar-refractivity contribution in [2.75, 3.05) is 6.61 Å². The number of ether oxygens (including phenoxy) is 5. The molecule has 52 heavy (non-hydrogen) atoms. The molecule has 0 spiro atoms. The number of imidazole rings is 1. The maximum absolute atomic E-state index is 13.8. The summed E-state index contributed by atoms with van der Waals surface area (Å²) in [5.41, 5.74) is 0.719. The van der Waals surface area contributed by atoms with Gasteiger partial charge in [0.2, 0.25) is 6.33 Å². The molecule has 0 bridgehead atoms. The van der Waals surface area contributed by atoms with Crippen LogP contribution < -0.4 is 4.57 Å². The Morgan fingerprint density at radius 2 is 1.19 bits per heavy atom. The Balaban J connectivity index is 1.39. The van der Waals surface area contributed by atoms with Gasteiger partial charge in [0, 0.05) is 4.90 Å². The highest BCUT2D eigenvalue weighted by Crippen LogP contribution is 2.38. The molecule has 1 saturated heterocycles. The number of aromatic nitrogens is 2. The molecule has 6 rings (SSSR count). The minimum atomic E-state index is -1.41. The Labute approximate surface area is 305 Å². The summed E-state index contributed by atoms with van der Waals surface area (Å²) < 4.78 is 34.1. The molecule has 0 aliphatic carbocycles. The Morgan fingerprint density at radius 1 is 0.692 bits per heavy atom. The topological polar surface area (TPSA) is 123 Å². The molecule has 12 heteroatoms. The van der Waals surface area contributed by atoms with Crippen LogP contribution in [0.4, 0.5) is 0 Å². The molecule has 1 fully saturated rings. The molecule has 266 valence electrons. The molecule has 2 heterocycles. The zero-order chi connectivity index (χ0) is 36.5. The number of nitrogens with zero attached hydrogens (tertiary/aromatic N) is 2. The van der Waals surface area contributed by atoms with Crippen molar-refractivity contribution in [3.8, 4) is 0 Å². The lowest BCUT2D eigenvalue weighted by molar-refractivity contribution is -0.671. The van der Waals surface area contributed by atoms with Gasteiger partial charge in [-0.3, -0.25) is 0 Å². The Morgan fingerprint density at radius 3 is 1.69 bits per heavy atom. The molecule has 0 radical (unpaired) electrons. The van der Waals surface area contributed by atoms with Crippen LogP contribution in [0.5, 0.6) is 0 Å². The first kappa shape index (κ1) is 36.1. The van der Waals surface area contributed by atoms with Crippen LogP contribution in [-0.2, 0) is 42.1 Å². The van der Waals surface area contributed by atoms with Gasteiger partial charge in [0.05, 0.1) is 23.7 Å². The largest absolute Gasteiger partial charge is 0.460 e. The molecular weight excluding hydrogens is 685 g/mol. The van der Waals surface area contributed by atoms with Crippen LogP contribution in [0.1, 0.15) is 36.6 Å². The molecule has 5 aromatic rings. The van der Waals surface area contributed by atoms with Crippen LogP contribution in [-0.4, -0.2) is 64.9 Å². The summed E-state index contributed by atoms with van der Waals surface area (Å²) in [4.78, 5) is 54.9. The number of carbonyl (C=O) groups excluding carboxylic acids is 4. The first-order valence-electron chi connectivity index (χ1n) is 16.6. The van der Waals surface area contributed by atoms with E-state index >= 15 is 0 Å². The van der Waals surface area contributed by atoms with E-state index in [4.69, 9.17) is 23.7 Å². The molecule has 0 amide bonds. The number of benzene rings is 4. The Hall–Kier alpha value is -5.72. The lowest BCUT2D eigenvalue weighted by Crippen LogP contribution is -2.61. The van der Waals surface area contributed by atoms with E-state index in [0.717, 1.165) is 10.5 Å². The van der Waals surface area contributed by atoms with Gasteiger partial charge in [-0.1, -0.05) is 84.1 Å². The minimum absolute atomic E-state index is 0.0900. The van der Waals surface area contributed by atoms with Crippen molar-refractivity contribution in [1.82, 2.24) is 4.57 Å². The number of aryl methyl sites for hydroxylation is 2. The first-order valence-corrected chi connectivity index (χ1v) is 17.4. The summed E-state index contributed by atoms with van der Waals surface area (Å²) in [5, 5.41) is 0. The van der Waals surface area contributed by atoms with Crippen molar-refractivity contribution in [3.63, 3.8) is 0 Å². The molecule has 5 atom stereocenters. The van der Waals surface area contributed by atoms with E-state index in [9.17, 15) is 19.2 Å². The van der Waals surface area contributed by atoms with Crippen LogP contribution in [0.3, 0.4) is 0 Å². The van der Waals surface area contributed by atoms with E-state index in [1.54, 1.807) is 119 Å². The van der Waals surface area contributed by atoms with E-state index in [-0.39, 0.29) is 29.8 Å². The monoisotopic (exact) mass is 721 g/mol. The number of carbonyl (C=O) groups is 4.